The summed E-state index contributed by atoms with van der Waals surface area (Å²) in [5.41, 5.74) is 6.99. The minimum atomic E-state index is -3.33. The Morgan fingerprint density at radius 1 is 0.600 bits per heavy atom. The molecule has 0 spiro atoms. The Hall–Kier alpha value is -8.20. The standard InChI is InChI=1S/C13H12F3N3O2.C12H12F3N.C11H8F3NO2.C9H7F3O.C8H6BrF3.C8H6BrFO.C7H3BrFN.CO2.CH2S.CH4.2CH3.U.V/c1-3-21-12(20)11(18-19-17)6-8-4-5-9(14)7-10(8)13(2,15)16;1-3-8-6-9-10(12(2,14)15)4-7(13)5-11(9)16-8;1-11(13,14)7-2-5(12)3-8-6(7)4-9(15-8)10(16)17;1-9(11,12)8-4-7(10)3-2-6(8)5-13;1-8(11,12)6-4-5(10)2-3-7(6)9;1-5(11)7-4-6(10)2-3-8(7)9;8-7-2-1-6(9)3-5(7)4-10;2-1-3;1-2;;;;;/h4-7H,3H2,1-2H3;4-6,16H,3H2,1-2H3;2-4,15H,1H3,(H,16,17);2-5H,1H3;2-4H,1H3;2-4H,1H3;1-3H;;1H2;1H4;2*1H3;;/q;;;;;;;;;;2*-1;;/b11-6+;;;;;;;;;;;;;/i;;;;;;;;;1T;;;;. The summed E-state index contributed by atoms with van der Waals surface area (Å²) < 4.78 is 232. The third-order valence-electron chi connectivity index (χ3n) is 12.8. The number of ketones is 1. The number of fused-ring (bicyclic) bond motifs is 2. The van der Waals surface area contributed by atoms with Gasteiger partial charge in [-0.15, -0.1) is 0 Å². The van der Waals surface area contributed by atoms with Crippen molar-refractivity contribution in [1.82, 2.24) is 9.97 Å². The van der Waals surface area contributed by atoms with Crippen LogP contribution in [-0.2, 0) is 73.7 Å². The predicted molar refractivity (Wildman–Crippen MR) is 389 cm³/mol. The number of benzene rings is 7. The molecule has 14 nitrogen and oxygen atoms in total. The van der Waals surface area contributed by atoms with Crippen LogP contribution in [0.2, 0.25) is 0 Å². The molecule has 0 saturated carbocycles. The Morgan fingerprint density at radius 2 is 0.964 bits per heavy atom. The normalized spacial score (nSPS) is 10.5. The molecule has 0 atom stereocenters. The van der Waals surface area contributed by atoms with E-state index in [1.807, 2.05) is 13.0 Å². The zero-order valence-electron chi connectivity index (χ0n) is 60.4. The van der Waals surface area contributed by atoms with E-state index in [0.717, 1.165) is 80.2 Å². The van der Waals surface area contributed by atoms with Crippen LogP contribution in [0.15, 0.2) is 152 Å². The van der Waals surface area contributed by atoms with Crippen molar-refractivity contribution in [2.24, 2.45) is 5.11 Å². The van der Waals surface area contributed by atoms with E-state index >= 15 is 0 Å². The third-order valence-corrected chi connectivity index (χ3v) is 14.9. The number of alkyl halides is 10. The fourth-order valence-corrected chi connectivity index (χ4v) is 9.71. The topological polar surface area (TPSA) is 236 Å². The van der Waals surface area contributed by atoms with Crippen LogP contribution in [0.5, 0.6) is 0 Å². The molecule has 9 rings (SSSR count). The number of carboxylic acid groups (broad SMARTS) is 1. The number of nitrogens with zero attached hydrogens (tertiary/aromatic N) is 4. The van der Waals surface area contributed by atoms with Gasteiger partial charge < -0.3 is 34.7 Å². The molecule has 593 valence electrons. The molecule has 0 fully saturated rings. The molecule has 9 aromatic rings. The number of halogens is 20. The molecular formula is C73H66Br3F17N6O8SUV-2. The van der Waals surface area contributed by atoms with Gasteiger partial charge in [0, 0.05) is 170 Å². The zero-order chi connectivity index (χ0) is 82.9. The molecule has 0 amide bonds. The van der Waals surface area contributed by atoms with Crippen LogP contribution < -0.4 is 0 Å². The molecule has 2 heterocycles. The van der Waals surface area contributed by atoms with Crippen LogP contribution in [-0.4, -0.2) is 57.7 Å². The summed E-state index contributed by atoms with van der Waals surface area (Å²) in [6.45, 7) is 8.23. The van der Waals surface area contributed by atoms with Gasteiger partial charge in [-0.1, -0.05) is 69.6 Å². The van der Waals surface area contributed by atoms with Gasteiger partial charge in [0.2, 0.25) is 0 Å². The first kappa shape index (κ1) is 108. The van der Waals surface area contributed by atoms with Crippen molar-refractivity contribution in [3.05, 3.63) is 274 Å². The first-order valence-corrected chi connectivity index (χ1v) is 31.9. The molecule has 0 bridgehead atoms. The number of esters is 1. The number of carboxylic acids is 1. The van der Waals surface area contributed by atoms with Gasteiger partial charge in [-0.25, -0.2) is 84.2 Å². The molecule has 0 aliphatic carbocycles. The van der Waals surface area contributed by atoms with Gasteiger partial charge >= 0.3 is 18.1 Å². The minimum absolute atomic E-state index is 0. The predicted octanol–water partition coefficient (Wildman–Crippen LogP) is 24.5. The Kier molecular flexibility index (Phi) is 49.8. The number of carbonyl (C=O) groups excluding carboxylic acids is 5. The molecule has 3 N–H and O–H groups in total. The number of aromatic amines is 2. The summed E-state index contributed by atoms with van der Waals surface area (Å²) in [4.78, 5) is 67.4. The van der Waals surface area contributed by atoms with E-state index in [9.17, 15) is 93.8 Å². The zero-order valence-corrected chi connectivity index (χ0v) is 70.5. The van der Waals surface area contributed by atoms with Crippen molar-refractivity contribution < 1.29 is 164 Å². The van der Waals surface area contributed by atoms with Crippen molar-refractivity contribution in [3.8, 4) is 6.07 Å². The van der Waals surface area contributed by atoms with Crippen LogP contribution in [0.4, 0.5) is 74.6 Å². The fraction of sp³-hybridized carbons (Fsp3) is 0.219. The summed E-state index contributed by atoms with van der Waals surface area (Å²) in [7, 11) is 1.25. The molecule has 0 aliphatic heterocycles. The average Bonchev–Trinajstić information content (AvgIpc) is 1.65. The largest absolute Gasteiger partial charge is 0.477 e. The van der Waals surface area contributed by atoms with E-state index in [1.54, 1.807) is 6.07 Å². The van der Waals surface area contributed by atoms with Gasteiger partial charge in [0.15, 0.2) is 12.1 Å². The molecule has 7 aromatic carbocycles. The van der Waals surface area contributed by atoms with Crippen molar-refractivity contribution in [3.63, 3.8) is 0 Å². The molecular weight excluding hydrogens is 1970 g/mol. The van der Waals surface area contributed by atoms with Crippen LogP contribution in [0.1, 0.15) is 140 Å². The van der Waals surface area contributed by atoms with Crippen molar-refractivity contribution in [2.75, 3.05) is 6.61 Å². The van der Waals surface area contributed by atoms with Gasteiger partial charge in [0.25, 0.3) is 29.6 Å². The Morgan fingerprint density at radius 3 is 1.33 bits per heavy atom. The van der Waals surface area contributed by atoms with Gasteiger partial charge in [-0.2, -0.15) is 14.9 Å². The molecule has 37 heteroatoms. The fourth-order valence-electron chi connectivity index (χ4n) is 8.25. The summed E-state index contributed by atoms with van der Waals surface area (Å²) in [5.74, 6) is -19.9. The summed E-state index contributed by atoms with van der Waals surface area (Å²) in [6.07, 6.45) is 2.17. The molecule has 0 aliphatic rings. The number of thiocarbonyl (C=S) groups is 1. The van der Waals surface area contributed by atoms with Gasteiger partial charge in [0.1, 0.15) is 58.2 Å². The van der Waals surface area contributed by atoms with Crippen molar-refractivity contribution >= 4 is 124 Å². The first-order valence-electron chi connectivity index (χ1n) is 29.9. The average molecular weight is 2040 g/mol. The van der Waals surface area contributed by atoms with E-state index in [1.165, 1.54) is 69.8 Å². The SMILES string of the molecule is C=S.CC(=O)c1cc(F)ccc1Br.CC(F)(F)c1cc(F)cc2[nH]c(C(=O)O)cc12.CC(F)(F)c1cc(F)ccc1Br.CC(F)(F)c1cc(F)ccc1C=O.CCOC(=O)/C(=C\c1ccc(F)cc1C(C)(F)F)N=[N+]=[N-].CCc1cc2c(C(C)(F)F)cc(F)cc2[nH]1.N#Cc1cc(F)ccc1Br.O=C=O.[3H]C.[CH3-].[CH3-].[U].[V]. The third kappa shape index (κ3) is 36.8. The number of rotatable bonds is 13. The maximum atomic E-state index is 13.5. The maximum Gasteiger partial charge on any atom is 0.373 e. The Bertz CT molecular complexity index is 4690. The number of carbonyl (C=O) groups is 4. The number of ether oxygens (including phenoxy) is 1. The number of aromatic carboxylic acids is 1. The molecule has 1 radical (unpaired) electrons. The van der Waals surface area contributed by atoms with Gasteiger partial charge in [0.05, 0.1) is 12.2 Å². The number of aromatic nitrogens is 2. The van der Waals surface area contributed by atoms with E-state index in [-0.39, 0.29) is 138 Å². The maximum absolute atomic E-state index is 13.5. The van der Waals surface area contributed by atoms with E-state index < -0.39 is 98.8 Å². The van der Waals surface area contributed by atoms with Crippen LogP contribution >= 0.6 is 60.0 Å². The number of nitriles is 1. The van der Waals surface area contributed by atoms with Crippen LogP contribution in [0, 0.1) is 98.0 Å². The van der Waals surface area contributed by atoms with E-state index in [4.69, 9.17) is 26.9 Å². The van der Waals surface area contributed by atoms with Crippen molar-refractivity contribution in [1.29, 1.82) is 5.26 Å². The van der Waals surface area contributed by atoms with E-state index in [2.05, 4.69) is 90.6 Å². The number of aryl methyl sites for hydroxylation is 1. The number of Topliss-reactive ketones (excluding diaryl/α,β-unsaturated/α-hetero) is 1. The monoisotopic (exact) mass is 2040 g/mol. The molecule has 110 heavy (non-hydrogen) atoms. The number of azide groups is 1. The second-order valence-electron chi connectivity index (χ2n) is 21.1. The quantitative estimate of drug-likeness (QED) is 0.00943. The Labute approximate surface area is 688 Å². The second-order valence-corrected chi connectivity index (χ2v) is 23.6. The summed E-state index contributed by atoms with van der Waals surface area (Å²) >= 11 is 13.0. The summed E-state index contributed by atoms with van der Waals surface area (Å²) in [6, 6.07) is 25.0. The van der Waals surface area contributed by atoms with Crippen LogP contribution in [0.25, 0.3) is 38.3 Å². The number of H-pyrrole nitrogens is 2. The molecule has 0 saturated heterocycles. The number of hydrogen-bond donors (Lipinski definition) is 3. The second kappa shape index (κ2) is 50.6. The number of hydrogen-bond acceptors (Lipinski definition) is 10. The number of aldehydes is 1. The minimum Gasteiger partial charge on any atom is -0.477 e. The first-order chi connectivity index (χ1) is 49.6. The van der Waals surface area contributed by atoms with Gasteiger partial charge in [-0.05, 0) is 181 Å². The van der Waals surface area contributed by atoms with Crippen molar-refractivity contribution in [2.45, 2.75) is 98.8 Å². The summed E-state index contributed by atoms with van der Waals surface area (Å²) in [5, 5.41) is 20.6. The van der Waals surface area contributed by atoms with Crippen LogP contribution in [0.3, 0.4) is 0 Å². The smallest absolute Gasteiger partial charge is 0.373 e. The molecule has 0 unspecified atom stereocenters. The Balaban J connectivity index is -0.000000390. The van der Waals surface area contributed by atoms with Gasteiger partial charge in [-0.3, -0.25) is 9.59 Å². The molecule has 2 aromatic heterocycles. The van der Waals surface area contributed by atoms with E-state index in [0.29, 0.717) is 76.4 Å². The number of nitrogens with one attached hydrogen (secondary N) is 2.